The summed E-state index contributed by atoms with van der Waals surface area (Å²) in [5.74, 6) is 1.08. The minimum absolute atomic E-state index is 0.418. The van der Waals surface area contributed by atoms with Crippen molar-refractivity contribution in [3.05, 3.63) is 27.7 Å². The van der Waals surface area contributed by atoms with Crippen molar-refractivity contribution in [2.45, 2.75) is 50.5 Å². The summed E-state index contributed by atoms with van der Waals surface area (Å²) in [5.41, 5.74) is 2.46. The Balaban J connectivity index is 2.18. The highest BCUT2D eigenvalue weighted by Gasteiger charge is 2.17. The second-order valence-electron chi connectivity index (χ2n) is 4.72. The maximum absolute atomic E-state index is 6.21. The molecule has 3 heteroatoms. The molecule has 0 saturated heterocycles. The van der Waals surface area contributed by atoms with Gasteiger partial charge in [-0.3, -0.25) is 0 Å². The van der Waals surface area contributed by atoms with Crippen LogP contribution in [0.25, 0.3) is 0 Å². The van der Waals surface area contributed by atoms with E-state index in [4.69, 9.17) is 4.74 Å². The number of benzene rings is 1. The van der Waals surface area contributed by atoms with Gasteiger partial charge in [-0.25, -0.2) is 0 Å². The first kappa shape index (κ1) is 13.4. The standard InChI is InChI=1S/C14H18Br2O/c1-10-7-12(16)8-11(9-15)14(10)17-13-5-3-2-4-6-13/h7-8,13H,2-6,9H2,1H3. The summed E-state index contributed by atoms with van der Waals surface area (Å²) in [6.07, 6.45) is 6.81. The average Bonchev–Trinajstić information content (AvgIpc) is 2.33. The normalized spacial score (nSPS) is 17.1. The van der Waals surface area contributed by atoms with Gasteiger partial charge in [0.25, 0.3) is 0 Å². The zero-order valence-electron chi connectivity index (χ0n) is 10.1. The van der Waals surface area contributed by atoms with E-state index >= 15 is 0 Å². The van der Waals surface area contributed by atoms with Gasteiger partial charge in [-0.15, -0.1) is 0 Å². The van der Waals surface area contributed by atoms with Gasteiger partial charge < -0.3 is 4.74 Å². The molecule has 94 valence electrons. The number of ether oxygens (including phenoxy) is 1. The number of rotatable bonds is 3. The van der Waals surface area contributed by atoms with Gasteiger partial charge in [0.05, 0.1) is 6.10 Å². The Bertz CT molecular complexity index is 384. The summed E-state index contributed by atoms with van der Waals surface area (Å²) in [6.45, 7) is 2.12. The van der Waals surface area contributed by atoms with Crippen LogP contribution in [0.3, 0.4) is 0 Å². The van der Waals surface area contributed by atoms with Gasteiger partial charge in [-0.1, -0.05) is 38.3 Å². The molecule has 0 radical (unpaired) electrons. The highest BCUT2D eigenvalue weighted by molar-refractivity contribution is 9.10. The van der Waals surface area contributed by atoms with E-state index in [-0.39, 0.29) is 0 Å². The Morgan fingerprint density at radius 3 is 2.59 bits per heavy atom. The number of halogens is 2. The molecule has 2 rings (SSSR count). The van der Waals surface area contributed by atoms with E-state index < -0.39 is 0 Å². The van der Waals surface area contributed by atoms with E-state index in [2.05, 4.69) is 50.9 Å². The summed E-state index contributed by atoms with van der Waals surface area (Å²) in [4.78, 5) is 0. The lowest BCUT2D eigenvalue weighted by atomic mass is 9.97. The lowest BCUT2D eigenvalue weighted by molar-refractivity contribution is 0.153. The fourth-order valence-corrected chi connectivity index (χ4v) is 3.45. The lowest BCUT2D eigenvalue weighted by Gasteiger charge is -2.25. The van der Waals surface area contributed by atoms with Crippen LogP contribution < -0.4 is 4.74 Å². The first-order chi connectivity index (χ1) is 8.20. The SMILES string of the molecule is Cc1cc(Br)cc(CBr)c1OC1CCCCC1. The van der Waals surface area contributed by atoms with Crippen LogP contribution in [-0.4, -0.2) is 6.10 Å². The number of aryl methyl sites for hydroxylation is 1. The molecular formula is C14H18Br2O. The molecule has 0 amide bonds. The van der Waals surface area contributed by atoms with Crippen LogP contribution >= 0.6 is 31.9 Å². The minimum atomic E-state index is 0.418. The molecule has 1 nitrogen and oxygen atoms in total. The van der Waals surface area contributed by atoms with Crippen molar-refractivity contribution in [2.24, 2.45) is 0 Å². The molecule has 0 unspecified atom stereocenters. The topological polar surface area (TPSA) is 9.23 Å². The number of hydrogen-bond donors (Lipinski definition) is 0. The molecule has 0 spiro atoms. The Morgan fingerprint density at radius 1 is 1.24 bits per heavy atom. The summed E-state index contributed by atoms with van der Waals surface area (Å²) in [6, 6.07) is 4.27. The molecule has 1 saturated carbocycles. The largest absolute Gasteiger partial charge is 0.490 e. The molecular weight excluding hydrogens is 344 g/mol. The molecule has 1 aromatic rings. The third kappa shape index (κ3) is 3.47. The quantitative estimate of drug-likeness (QED) is 0.658. The fourth-order valence-electron chi connectivity index (χ4n) is 2.42. The summed E-state index contributed by atoms with van der Waals surface area (Å²) in [7, 11) is 0. The van der Waals surface area contributed by atoms with Crippen molar-refractivity contribution in [3.8, 4) is 5.75 Å². The minimum Gasteiger partial charge on any atom is -0.490 e. The Morgan fingerprint density at radius 2 is 1.94 bits per heavy atom. The molecule has 0 atom stereocenters. The van der Waals surface area contributed by atoms with Crippen molar-refractivity contribution >= 4 is 31.9 Å². The third-order valence-corrected chi connectivity index (χ3v) is 4.36. The van der Waals surface area contributed by atoms with Crippen LogP contribution in [0.2, 0.25) is 0 Å². The van der Waals surface area contributed by atoms with Gasteiger partial charge in [0.1, 0.15) is 5.75 Å². The Hall–Kier alpha value is -0.0200. The zero-order chi connectivity index (χ0) is 12.3. The third-order valence-electron chi connectivity index (χ3n) is 3.30. The first-order valence-electron chi connectivity index (χ1n) is 6.22. The molecule has 1 aliphatic rings. The molecule has 1 fully saturated rings. The molecule has 0 aliphatic heterocycles. The van der Waals surface area contributed by atoms with Gasteiger partial charge in [-0.05, 0) is 50.3 Å². The monoisotopic (exact) mass is 360 g/mol. The van der Waals surface area contributed by atoms with Crippen LogP contribution in [0.5, 0.6) is 5.75 Å². The lowest BCUT2D eigenvalue weighted by Crippen LogP contribution is -2.20. The molecule has 17 heavy (non-hydrogen) atoms. The molecule has 0 N–H and O–H groups in total. The summed E-state index contributed by atoms with van der Waals surface area (Å²) < 4.78 is 7.34. The smallest absolute Gasteiger partial charge is 0.126 e. The van der Waals surface area contributed by atoms with E-state index in [1.165, 1.54) is 43.2 Å². The first-order valence-corrected chi connectivity index (χ1v) is 8.14. The van der Waals surface area contributed by atoms with Crippen molar-refractivity contribution in [1.82, 2.24) is 0 Å². The van der Waals surface area contributed by atoms with Gasteiger partial charge in [0.15, 0.2) is 0 Å². The van der Waals surface area contributed by atoms with E-state index in [0.29, 0.717) is 6.10 Å². The molecule has 0 heterocycles. The number of alkyl halides is 1. The second-order valence-corrected chi connectivity index (χ2v) is 6.20. The van der Waals surface area contributed by atoms with Gasteiger partial charge in [0, 0.05) is 15.4 Å². The molecule has 0 bridgehead atoms. The predicted octanol–water partition coefficient (Wildman–Crippen LogP) is 5.36. The molecule has 0 aromatic heterocycles. The fraction of sp³-hybridized carbons (Fsp3) is 0.571. The number of hydrogen-bond acceptors (Lipinski definition) is 1. The summed E-state index contributed by atoms with van der Waals surface area (Å²) in [5, 5.41) is 0.843. The van der Waals surface area contributed by atoms with Crippen molar-refractivity contribution < 1.29 is 4.74 Å². The zero-order valence-corrected chi connectivity index (χ0v) is 13.3. The van der Waals surface area contributed by atoms with Crippen LogP contribution in [0.1, 0.15) is 43.2 Å². The average molecular weight is 362 g/mol. The van der Waals surface area contributed by atoms with Gasteiger partial charge in [-0.2, -0.15) is 0 Å². The maximum atomic E-state index is 6.21. The highest BCUT2D eigenvalue weighted by atomic mass is 79.9. The van der Waals surface area contributed by atoms with Crippen LogP contribution in [-0.2, 0) is 5.33 Å². The van der Waals surface area contributed by atoms with E-state index in [1.54, 1.807) is 0 Å². The van der Waals surface area contributed by atoms with Gasteiger partial charge >= 0.3 is 0 Å². The second kappa shape index (κ2) is 6.24. The molecule has 1 aliphatic carbocycles. The van der Waals surface area contributed by atoms with E-state index in [1.807, 2.05) is 0 Å². The van der Waals surface area contributed by atoms with Gasteiger partial charge in [0.2, 0.25) is 0 Å². The Kier molecular flexibility index (Phi) is 4.92. The molecule has 1 aromatic carbocycles. The van der Waals surface area contributed by atoms with Crippen molar-refractivity contribution in [2.75, 3.05) is 0 Å². The van der Waals surface area contributed by atoms with E-state index in [0.717, 1.165) is 15.6 Å². The summed E-state index contributed by atoms with van der Waals surface area (Å²) >= 11 is 7.08. The predicted molar refractivity (Wildman–Crippen MR) is 79.0 cm³/mol. The highest BCUT2D eigenvalue weighted by Crippen LogP contribution is 2.32. The van der Waals surface area contributed by atoms with E-state index in [9.17, 15) is 0 Å². The van der Waals surface area contributed by atoms with Crippen LogP contribution in [0.15, 0.2) is 16.6 Å². The van der Waals surface area contributed by atoms with Crippen molar-refractivity contribution in [1.29, 1.82) is 0 Å². The van der Waals surface area contributed by atoms with Crippen molar-refractivity contribution in [3.63, 3.8) is 0 Å². The Labute approximate surface area is 120 Å². The maximum Gasteiger partial charge on any atom is 0.126 e. The van der Waals surface area contributed by atoms with Crippen LogP contribution in [0.4, 0.5) is 0 Å². The van der Waals surface area contributed by atoms with Crippen LogP contribution in [0, 0.1) is 6.92 Å².